The number of benzene rings is 3. The lowest BCUT2D eigenvalue weighted by Crippen LogP contribution is -1.94. The van der Waals surface area contributed by atoms with Gasteiger partial charge < -0.3 is 4.74 Å². The fourth-order valence-corrected chi connectivity index (χ4v) is 2.82. The molecule has 3 aromatic rings. The highest BCUT2D eigenvalue weighted by molar-refractivity contribution is 5.84. The van der Waals surface area contributed by atoms with Crippen molar-refractivity contribution >= 4 is 10.8 Å². The van der Waals surface area contributed by atoms with Gasteiger partial charge in [-0.1, -0.05) is 56.4 Å². The second-order valence-electron chi connectivity index (χ2n) is 6.27. The Morgan fingerprint density at radius 1 is 0.720 bits per heavy atom. The standard InChI is InChI=1S/C24H24O/c1-3-5-20-8-12-23-18-21(9-13-22(23)17-20)7-6-19-10-14-24(15-11-19)25-16-4-2/h8-15,17-18H,3-5,16H2,1-2H3. The van der Waals surface area contributed by atoms with Gasteiger partial charge in [-0.3, -0.25) is 0 Å². The molecule has 0 radical (unpaired) electrons. The number of rotatable bonds is 5. The van der Waals surface area contributed by atoms with Crippen LogP contribution in [0, 0.1) is 11.8 Å². The predicted octanol–water partition coefficient (Wildman–Crippen LogP) is 5.98. The molecule has 0 spiro atoms. The third-order valence-corrected chi connectivity index (χ3v) is 4.12. The SMILES string of the molecule is CCCOc1ccc(C#Cc2ccc3cc(CCC)ccc3c2)cc1. The molecule has 3 aromatic carbocycles. The Morgan fingerprint density at radius 2 is 1.40 bits per heavy atom. The van der Waals surface area contributed by atoms with Crippen LogP contribution < -0.4 is 4.74 Å². The van der Waals surface area contributed by atoms with E-state index >= 15 is 0 Å². The van der Waals surface area contributed by atoms with Gasteiger partial charge in [-0.2, -0.15) is 0 Å². The summed E-state index contributed by atoms with van der Waals surface area (Å²) in [6.45, 7) is 5.07. The molecule has 1 nitrogen and oxygen atoms in total. The number of hydrogen-bond donors (Lipinski definition) is 0. The Morgan fingerprint density at radius 3 is 2.16 bits per heavy atom. The minimum absolute atomic E-state index is 0.752. The molecule has 0 aromatic heterocycles. The van der Waals surface area contributed by atoms with E-state index in [0.717, 1.165) is 36.3 Å². The number of aryl methyl sites for hydroxylation is 1. The van der Waals surface area contributed by atoms with Crippen molar-refractivity contribution in [3.63, 3.8) is 0 Å². The summed E-state index contributed by atoms with van der Waals surface area (Å²) < 4.78 is 5.60. The molecule has 25 heavy (non-hydrogen) atoms. The molecule has 1 heteroatoms. The molecular formula is C24H24O. The molecule has 0 saturated heterocycles. The Balaban J connectivity index is 1.76. The van der Waals surface area contributed by atoms with Crippen LogP contribution in [0.3, 0.4) is 0 Å². The van der Waals surface area contributed by atoms with Gasteiger partial charge in [-0.15, -0.1) is 0 Å². The van der Waals surface area contributed by atoms with Crippen LogP contribution in [-0.4, -0.2) is 6.61 Å². The van der Waals surface area contributed by atoms with Crippen molar-refractivity contribution in [2.75, 3.05) is 6.61 Å². The first-order valence-corrected chi connectivity index (χ1v) is 9.06. The van der Waals surface area contributed by atoms with Crippen molar-refractivity contribution in [2.45, 2.75) is 33.1 Å². The molecule has 0 atom stereocenters. The van der Waals surface area contributed by atoms with Crippen molar-refractivity contribution in [3.05, 3.63) is 77.4 Å². The second kappa shape index (κ2) is 8.40. The molecule has 0 aliphatic heterocycles. The molecule has 0 saturated carbocycles. The van der Waals surface area contributed by atoms with Crippen LogP contribution in [0.15, 0.2) is 60.7 Å². The Labute approximate surface area is 150 Å². The van der Waals surface area contributed by atoms with Crippen molar-refractivity contribution in [3.8, 4) is 17.6 Å². The molecule has 3 rings (SSSR count). The van der Waals surface area contributed by atoms with Gasteiger partial charge in [-0.25, -0.2) is 0 Å². The van der Waals surface area contributed by atoms with E-state index in [-0.39, 0.29) is 0 Å². The van der Waals surface area contributed by atoms with Crippen molar-refractivity contribution in [1.29, 1.82) is 0 Å². The maximum Gasteiger partial charge on any atom is 0.119 e. The molecule has 0 N–H and O–H groups in total. The van der Waals surface area contributed by atoms with Gasteiger partial charge in [0.1, 0.15) is 5.75 Å². The first-order valence-electron chi connectivity index (χ1n) is 9.06. The first kappa shape index (κ1) is 17.1. The highest BCUT2D eigenvalue weighted by Gasteiger charge is 1.98. The molecular weight excluding hydrogens is 304 g/mol. The van der Waals surface area contributed by atoms with Gasteiger partial charge in [-0.05, 0) is 65.6 Å². The van der Waals surface area contributed by atoms with Gasteiger partial charge in [0.2, 0.25) is 0 Å². The topological polar surface area (TPSA) is 9.23 Å². The van der Waals surface area contributed by atoms with Crippen LogP contribution in [0.2, 0.25) is 0 Å². The largest absolute Gasteiger partial charge is 0.494 e. The normalized spacial score (nSPS) is 10.3. The summed E-state index contributed by atoms with van der Waals surface area (Å²) in [7, 11) is 0. The fourth-order valence-electron chi connectivity index (χ4n) is 2.82. The van der Waals surface area contributed by atoms with Crippen molar-refractivity contribution < 1.29 is 4.74 Å². The van der Waals surface area contributed by atoms with Crippen LogP contribution in [0.4, 0.5) is 0 Å². The summed E-state index contributed by atoms with van der Waals surface area (Å²) in [5.41, 5.74) is 3.45. The number of ether oxygens (including phenoxy) is 1. The van der Waals surface area contributed by atoms with Gasteiger partial charge in [0.05, 0.1) is 6.61 Å². The minimum Gasteiger partial charge on any atom is -0.494 e. The average Bonchev–Trinajstić information content (AvgIpc) is 2.65. The first-order chi connectivity index (χ1) is 12.3. The zero-order valence-electron chi connectivity index (χ0n) is 15.0. The van der Waals surface area contributed by atoms with Crippen LogP contribution in [0.1, 0.15) is 43.4 Å². The summed E-state index contributed by atoms with van der Waals surface area (Å²) in [5.74, 6) is 7.40. The van der Waals surface area contributed by atoms with Crippen LogP contribution in [0.25, 0.3) is 10.8 Å². The van der Waals surface area contributed by atoms with E-state index in [0.29, 0.717) is 0 Å². The van der Waals surface area contributed by atoms with E-state index in [1.807, 2.05) is 24.3 Å². The lowest BCUT2D eigenvalue weighted by molar-refractivity contribution is 0.317. The monoisotopic (exact) mass is 328 g/mol. The summed E-state index contributed by atoms with van der Waals surface area (Å²) in [4.78, 5) is 0. The second-order valence-corrected chi connectivity index (χ2v) is 6.27. The third-order valence-electron chi connectivity index (χ3n) is 4.12. The van der Waals surface area contributed by atoms with Gasteiger partial charge in [0.25, 0.3) is 0 Å². The van der Waals surface area contributed by atoms with Crippen LogP contribution >= 0.6 is 0 Å². The van der Waals surface area contributed by atoms with E-state index < -0.39 is 0 Å². The van der Waals surface area contributed by atoms with Gasteiger partial charge in [0, 0.05) is 11.1 Å². The van der Waals surface area contributed by atoms with E-state index in [4.69, 9.17) is 4.74 Å². The van der Waals surface area contributed by atoms with Gasteiger partial charge >= 0.3 is 0 Å². The maximum absolute atomic E-state index is 5.60. The fraction of sp³-hybridized carbons (Fsp3) is 0.250. The van der Waals surface area contributed by atoms with Crippen LogP contribution in [-0.2, 0) is 6.42 Å². The molecule has 0 fully saturated rings. The quantitative estimate of drug-likeness (QED) is 0.523. The Bertz CT molecular complexity index is 895. The number of fused-ring (bicyclic) bond motifs is 1. The minimum atomic E-state index is 0.752. The zero-order chi connectivity index (χ0) is 17.5. The van der Waals surface area contributed by atoms with Crippen molar-refractivity contribution in [1.82, 2.24) is 0 Å². The van der Waals surface area contributed by atoms with E-state index in [9.17, 15) is 0 Å². The van der Waals surface area contributed by atoms with Gasteiger partial charge in [0.15, 0.2) is 0 Å². The van der Waals surface area contributed by atoms with E-state index in [2.05, 4.69) is 62.1 Å². The highest BCUT2D eigenvalue weighted by Crippen LogP contribution is 2.19. The molecule has 0 amide bonds. The maximum atomic E-state index is 5.60. The Kier molecular flexibility index (Phi) is 5.75. The number of hydrogen-bond acceptors (Lipinski definition) is 1. The summed E-state index contributed by atoms with van der Waals surface area (Å²) >= 11 is 0. The average molecular weight is 328 g/mol. The molecule has 126 valence electrons. The van der Waals surface area contributed by atoms with E-state index in [1.165, 1.54) is 22.8 Å². The molecule has 0 heterocycles. The lowest BCUT2D eigenvalue weighted by atomic mass is 10.0. The molecule has 0 aliphatic carbocycles. The highest BCUT2D eigenvalue weighted by atomic mass is 16.5. The van der Waals surface area contributed by atoms with Crippen molar-refractivity contribution in [2.24, 2.45) is 0 Å². The molecule has 0 bridgehead atoms. The lowest BCUT2D eigenvalue weighted by Gasteiger charge is -2.03. The smallest absolute Gasteiger partial charge is 0.119 e. The van der Waals surface area contributed by atoms with E-state index in [1.54, 1.807) is 0 Å². The Hall–Kier alpha value is -2.72. The molecule has 0 aliphatic rings. The zero-order valence-corrected chi connectivity index (χ0v) is 15.0. The third kappa shape index (κ3) is 4.64. The van der Waals surface area contributed by atoms with Crippen LogP contribution in [0.5, 0.6) is 5.75 Å². The predicted molar refractivity (Wildman–Crippen MR) is 106 cm³/mol. The molecule has 0 unspecified atom stereocenters. The summed E-state index contributed by atoms with van der Waals surface area (Å²) in [6, 6.07) is 21.1. The summed E-state index contributed by atoms with van der Waals surface area (Å²) in [6.07, 6.45) is 3.33. The summed E-state index contributed by atoms with van der Waals surface area (Å²) in [5, 5.41) is 2.53.